The van der Waals surface area contributed by atoms with Crippen LogP contribution in [0.5, 0.6) is 0 Å². The quantitative estimate of drug-likeness (QED) is 0.276. The second-order valence-corrected chi connectivity index (χ2v) is 15.2. The monoisotopic (exact) mass is 705 g/mol. The Balaban J connectivity index is 1.23. The van der Waals surface area contributed by atoms with E-state index in [9.17, 15) is 24.0 Å². The summed E-state index contributed by atoms with van der Waals surface area (Å²) in [6.45, 7) is 7.23. The molecule has 2 saturated carbocycles. The Morgan fingerprint density at radius 2 is 1.76 bits per heavy atom. The van der Waals surface area contributed by atoms with Crippen molar-refractivity contribution in [2.45, 2.75) is 128 Å². The molecule has 15 heteroatoms. The smallest absolute Gasteiger partial charge is 0.408 e. The summed E-state index contributed by atoms with van der Waals surface area (Å²) in [6, 6.07) is 6.00. The highest BCUT2D eigenvalue weighted by Crippen LogP contribution is 2.40. The van der Waals surface area contributed by atoms with Crippen LogP contribution in [-0.2, 0) is 28.8 Å². The summed E-state index contributed by atoms with van der Waals surface area (Å²) in [5, 5.41) is 16.6. The number of oxime groups is 1. The first-order chi connectivity index (χ1) is 24.4. The van der Waals surface area contributed by atoms with Crippen LogP contribution in [0.3, 0.4) is 0 Å². The molecule has 4 atom stereocenters. The molecule has 51 heavy (non-hydrogen) atoms. The van der Waals surface area contributed by atoms with Crippen LogP contribution in [0.2, 0.25) is 0 Å². The number of carbonyl (C=O) groups is 5. The molecule has 3 fully saturated rings. The van der Waals surface area contributed by atoms with Crippen molar-refractivity contribution in [2.75, 3.05) is 6.54 Å². The lowest BCUT2D eigenvalue weighted by Crippen LogP contribution is -2.59. The van der Waals surface area contributed by atoms with Gasteiger partial charge in [0.1, 0.15) is 23.9 Å². The Kier molecular flexibility index (Phi) is 10.4. The second-order valence-electron chi connectivity index (χ2n) is 15.2. The van der Waals surface area contributed by atoms with Crippen molar-refractivity contribution in [2.24, 2.45) is 10.6 Å². The van der Waals surface area contributed by atoms with Gasteiger partial charge >= 0.3 is 6.09 Å². The average Bonchev–Trinajstić information content (AvgIpc) is 3.53. The van der Waals surface area contributed by atoms with Crippen molar-refractivity contribution in [1.82, 2.24) is 31.0 Å². The third-order valence-corrected chi connectivity index (χ3v) is 9.83. The van der Waals surface area contributed by atoms with Crippen molar-refractivity contribution in [3.05, 3.63) is 36.2 Å². The van der Waals surface area contributed by atoms with Crippen molar-refractivity contribution >= 4 is 35.3 Å². The van der Waals surface area contributed by atoms with Gasteiger partial charge in [-0.15, -0.1) is 0 Å². The molecule has 1 aromatic carbocycles. The average molecular weight is 706 g/mol. The van der Waals surface area contributed by atoms with Gasteiger partial charge in [0.05, 0.1) is 12.6 Å². The number of hydrogen-bond acceptors (Lipinski definition) is 11. The van der Waals surface area contributed by atoms with Crippen LogP contribution in [0, 0.1) is 5.41 Å². The minimum atomic E-state index is -1.14. The van der Waals surface area contributed by atoms with Crippen LogP contribution in [0.1, 0.15) is 97.8 Å². The van der Waals surface area contributed by atoms with E-state index in [-0.39, 0.29) is 43.8 Å². The maximum atomic E-state index is 14.5. The Bertz CT molecular complexity index is 1660. The van der Waals surface area contributed by atoms with Gasteiger partial charge in [-0.1, -0.05) is 74.8 Å². The number of rotatable bonds is 12. The van der Waals surface area contributed by atoms with E-state index < -0.39 is 58.7 Å². The van der Waals surface area contributed by atoms with E-state index in [0.29, 0.717) is 18.0 Å². The molecule has 1 spiro atoms. The van der Waals surface area contributed by atoms with E-state index in [1.807, 2.05) is 58.0 Å². The zero-order valence-electron chi connectivity index (χ0n) is 29.6. The maximum Gasteiger partial charge on any atom is 0.408 e. The topological polar surface area (TPSA) is 194 Å². The third kappa shape index (κ3) is 8.39. The second kappa shape index (κ2) is 14.8. The van der Waals surface area contributed by atoms with Crippen LogP contribution in [-0.4, -0.2) is 92.8 Å². The molecule has 4 aliphatic rings. The van der Waals surface area contributed by atoms with E-state index in [0.717, 1.165) is 44.1 Å². The molecule has 274 valence electrons. The number of aromatic nitrogens is 2. The molecule has 4 amide bonds. The molecule has 6 rings (SSSR count). The molecular weight excluding hydrogens is 658 g/mol. The maximum absolute atomic E-state index is 14.5. The molecule has 0 bridgehead atoms. The van der Waals surface area contributed by atoms with Gasteiger partial charge in [-0.3, -0.25) is 19.2 Å². The molecule has 3 heterocycles. The highest BCUT2D eigenvalue weighted by atomic mass is 16.7. The van der Waals surface area contributed by atoms with Crippen LogP contribution in [0.4, 0.5) is 4.79 Å². The molecule has 1 aromatic heterocycles. The highest BCUT2D eigenvalue weighted by Gasteiger charge is 2.56. The van der Waals surface area contributed by atoms with Gasteiger partial charge in [0.2, 0.25) is 23.4 Å². The fraction of sp³-hybridized carbons (Fsp3) is 0.611. The van der Waals surface area contributed by atoms with Gasteiger partial charge < -0.3 is 34.9 Å². The Hall–Kier alpha value is -4.82. The number of ketones is 1. The summed E-state index contributed by atoms with van der Waals surface area (Å²) in [5.41, 5.74) is -0.806. The van der Waals surface area contributed by atoms with E-state index >= 15 is 0 Å². The van der Waals surface area contributed by atoms with Gasteiger partial charge in [-0.2, -0.15) is 4.98 Å². The molecule has 0 unspecified atom stereocenters. The van der Waals surface area contributed by atoms with Crippen molar-refractivity contribution in [1.29, 1.82) is 0 Å². The van der Waals surface area contributed by atoms with E-state index in [1.54, 1.807) is 0 Å². The number of alkyl carbamates (subject to hydrolysis) is 1. The number of nitrogens with one attached hydrogen (secondary N) is 3. The Morgan fingerprint density at radius 1 is 1.04 bits per heavy atom. The highest BCUT2D eigenvalue weighted by molar-refractivity contribution is 6.38. The molecular formula is C36H47N7O8. The standard InChI is InChI=1S/C36H47N7O8/c1-5-11-24(27(44)31(46)37-22-16-17-22)38-30(45)26-19-36(18-25(41-51-36)32-40-29(42-50-32)21-12-7-6-8-13-21)20-43(26)33(47)28(35(2,3)4)39-34(48)49-23-14-9-10-15-23/h6-8,12-13,22-24,26,28H,5,9-11,14-20H2,1-4H3,(H,37,46)(H,38,45)(H,39,48)/t24-,26-,28+,36+/m0/s1. The number of hydrogen-bond donors (Lipinski definition) is 3. The molecule has 0 radical (unpaired) electrons. The fourth-order valence-corrected chi connectivity index (χ4v) is 6.88. The van der Waals surface area contributed by atoms with Crippen molar-refractivity contribution in [3.8, 4) is 11.4 Å². The summed E-state index contributed by atoms with van der Waals surface area (Å²) < 4.78 is 11.2. The number of benzene rings is 1. The minimum Gasteiger partial charge on any atom is -0.446 e. The first-order valence-corrected chi connectivity index (χ1v) is 17.9. The number of amides is 4. The van der Waals surface area contributed by atoms with Gasteiger partial charge in [-0.25, -0.2) is 4.79 Å². The van der Waals surface area contributed by atoms with Crippen LogP contribution in [0.15, 0.2) is 40.0 Å². The summed E-state index contributed by atoms with van der Waals surface area (Å²) in [4.78, 5) is 79.5. The number of likely N-dealkylation sites (tertiary alicyclic amines) is 1. The number of nitrogens with zero attached hydrogens (tertiary/aromatic N) is 4. The summed E-state index contributed by atoms with van der Waals surface area (Å²) in [5.74, 6) is -2.09. The lowest BCUT2D eigenvalue weighted by molar-refractivity contribution is -0.144. The van der Waals surface area contributed by atoms with Gasteiger partial charge in [0.15, 0.2) is 5.60 Å². The van der Waals surface area contributed by atoms with Gasteiger partial charge in [0.25, 0.3) is 11.8 Å². The first kappa shape index (κ1) is 36.0. The zero-order chi connectivity index (χ0) is 36.3. The molecule has 2 aromatic rings. The lowest BCUT2D eigenvalue weighted by atomic mass is 9.85. The van der Waals surface area contributed by atoms with Gasteiger partial charge in [-0.05, 0) is 50.4 Å². The fourth-order valence-electron chi connectivity index (χ4n) is 6.88. The molecule has 1 saturated heterocycles. The summed E-state index contributed by atoms with van der Waals surface area (Å²) in [6.07, 6.45) is 5.10. The van der Waals surface area contributed by atoms with Crippen molar-refractivity contribution < 1.29 is 38.1 Å². The van der Waals surface area contributed by atoms with Crippen LogP contribution >= 0.6 is 0 Å². The van der Waals surface area contributed by atoms with E-state index in [1.165, 1.54) is 4.90 Å². The molecule has 3 N–H and O–H groups in total. The molecule has 15 nitrogen and oxygen atoms in total. The van der Waals surface area contributed by atoms with Crippen LogP contribution < -0.4 is 16.0 Å². The van der Waals surface area contributed by atoms with Gasteiger partial charge in [0, 0.05) is 24.4 Å². The number of carbonyl (C=O) groups excluding carboxylic acids is 5. The van der Waals surface area contributed by atoms with E-state index in [2.05, 4.69) is 31.2 Å². The largest absolute Gasteiger partial charge is 0.446 e. The predicted octanol–water partition coefficient (Wildman–Crippen LogP) is 3.42. The number of Topliss-reactive ketones (excluding diaryl/α,β-unsaturated/α-hetero) is 1. The normalized spacial score (nSPS) is 22.9. The zero-order valence-corrected chi connectivity index (χ0v) is 29.6. The number of ether oxygens (including phenoxy) is 1. The SMILES string of the molecule is CCC[C@H](NC(=O)[C@@H]1C[C@]2(CC(c3nc(-c4ccccc4)no3)=NO2)CN1C(=O)[C@@H](NC(=O)OC1CCCC1)C(C)(C)C)C(=O)C(=O)NC1CC1. The summed E-state index contributed by atoms with van der Waals surface area (Å²) in [7, 11) is 0. The van der Waals surface area contributed by atoms with E-state index in [4.69, 9.17) is 14.1 Å². The Labute approximate surface area is 296 Å². The summed E-state index contributed by atoms with van der Waals surface area (Å²) >= 11 is 0. The predicted molar refractivity (Wildman–Crippen MR) is 183 cm³/mol. The molecule has 2 aliphatic heterocycles. The Morgan fingerprint density at radius 3 is 2.43 bits per heavy atom. The third-order valence-electron chi connectivity index (χ3n) is 9.83. The lowest BCUT2D eigenvalue weighted by Gasteiger charge is -2.35. The minimum absolute atomic E-state index is 0.0158. The first-order valence-electron chi connectivity index (χ1n) is 17.9. The van der Waals surface area contributed by atoms with Crippen LogP contribution in [0.25, 0.3) is 11.4 Å². The van der Waals surface area contributed by atoms with Crippen molar-refractivity contribution in [3.63, 3.8) is 0 Å². The molecule has 2 aliphatic carbocycles.